The minimum Gasteiger partial charge on any atom is -0.463 e. The van der Waals surface area contributed by atoms with Crippen molar-refractivity contribution in [1.82, 2.24) is 15.2 Å². The Balaban J connectivity index is 2.36. The van der Waals surface area contributed by atoms with Crippen LogP contribution in [0.15, 0.2) is 18.2 Å². The molecule has 0 aliphatic carbocycles. The molecule has 0 aliphatic heterocycles. The van der Waals surface area contributed by atoms with Crippen molar-refractivity contribution in [3.63, 3.8) is 0 Å². The molecule has 2 aromatic rings. The lowest BCUT2D eigenvalue weighted by Gasteiger charge is -2.06. The van der Waals surface area contributed by atoms with E-state index in [0.29, 0.717) is 12.6 Å². The van der Waals surface area contributed by atoms with E-state index in [2.05, 4.69) is 47.2 Å². The molecule has 0 spiro atoms. The Morgan fingerprint density at radius 1 is 1.17 bits per heavy atom. The summed E-state index contributed by atoms with van der Waals surface area (Å²) in [6, 6.07) is 6.89. The fourth-order valence-corrected chi connectivity index (χ4v) is 1.95. The van der Waals surface area contributed by atoms with Gasteiger partial charge in [0.1, 0.15) is 0 Å². The second-order valence-corrected chi connectivity index (χ2v) is 4.10. The zero-order valence-electron chi connectivity index (χ0n) is 11.2. The van der Waals surface area contributed by atoms with Crippen LogP contribution in [-0.4, -0.2) is 21.8 Å². The van der Waals surface area contributed by atoms with Crippen LogP contribution in [0.1, 0.15) is 31.9 Å². The first kappa shape index (κ1) is 12.6. The monoisotopic (exact) mass is 245 g/mol. The quantitative estimate of drug-likeness (QED) is 0.881. The van der Waals surface area contributed by atoms with Crippen molar-refractivity contribution in [2.75, 3.05) is 6.61 Å². The molecule has 1 aromatic heterocycles. The molecular formula is C14H19N3O. The lowest BCUT2D eigenvalue weighted by Crippen LogP contribution is -1.94. The van der Waals surface area contributed by atoms with E-state index in [0.717, 1.165) is 24.2 Å². The molecule has 4 heteroatoms. The Hall–Kier alpha value is -1.84. The van der Waals surface area contributed by atoms with Crippen LogP contribution in [0, 0.1) is 0 Å². The van der Waals surface area contributed by atoms with Gasteiger partial charge in [0.25, 0.3) is 0 Å². The fourth-order valence-electron chi connectivity index (χ4n) is 1.95. The highest BCUT2D eigenvalue weighted by Crippen LogP contribution is 2.23. The Morgan fingerprint density at radius 2 is 2.00 bits per heavy atom. The van der Waals surface area contributed by atoms with E-state index in [9.17, 15) is 0 Å². The molecule has 0 saturated carbocycles. The Morgan fingerprint density at radius 3 is 2.67 bits per heavy atom. The molecular weight excluding hydrogens is 226 g/mol. The van der Waals surface area contributed by atoms with Crippen LogP contribution in [0.25, 0.3) is 11.4 Å². The Labute approximate surface area is 107 Å². The molecule has 0 fully saturated rings. The van der Waals surface area contributed by atoms with Crippen LogP contribution in [0.2, 0.25) is 0 Å². The van der Waals surface area contributed by atoms with Crippen LogP contribution in [0.5, 0.6) is 6.01 Å². The number of ether oxygens (including phenoxy) is 1. The number of H-pyrrole nitrogens is 1. The number of aromatic nitrogens is 3. The lowest BCUT2D eigenvalue weighted by atomic mass is 10.0. The topological polar surface area (TPSA) is 50.8 Å². The summed E-state index contributed by atoms with van der Waals surface area (Å²) in [4.78, 5) is 4.35. The highest BCUT2D eigenvalue weighted by Gasteiger charge is 2.10. The summed E-state index contributed by atoms with van der Waals surface area (Å²) >= 11 is 0. The largest absolute Gasteiger partial charge is 0.463 e. The third-order valence-electron chi connectivity index (χ3n) is 2.95. The van der Waals surface area contributed by atoms with Crippen molar-refractivity contribution in [1.29, 1.82) is 0 Å². The smallest absolute Gasteiger partial charge is 0.335 e. The first-order valence-electron chi connectivity index (χ1n) is 6.45. The fraction of sp³-hybridized carbons (Fsp3) is 0.429. The summed E-state index contributed by atoms with van der Waals surface area (Å²) in [6.07, 6.45) is 2.03. The van der Waals surface area contributed by atoms with E-state index >= 15 is 0 Å². The summed E-state index contributed by atoms with van der Waals surface area (Å²) in [7, 11) is 0. The number of benzene rings is 1. The third kappa shape index (κ3) is 2.53. The predicted octanol–water partition coefficient (Wildman–Crippen LogP) is 3.00. The van der Waals surface area contributed by atoms with Gasteiger partial charge in [0, 0.05) is 5.56 Å². The number of rotatable bonds is 5. The number of nitrogens with one attached hydrogen (secondary N) is 1. The standard InChI is InChI=1S/C14H19N3O/c1-4-10-7-8-12(11(5-2)9-10)13-15-14(17-16-13)18-6-3/h7-9H,4-6H2,1-3H3,(H,15,16,17). The van der Waals surface area contributed by atoms with E-state index in [1.807, 2.05) is 6.92 Å². The number of aryl methyl sites for hydroxylation is 2. The van der Waals surface area contributed by atoms with E-state index in [-0.39, 0.29) is 0 Å². The van der Waals surface area contributed by atoms with Crippen LogP contribution >= 0.6 is 0 Å². The minimum absolute atomic E-state index is 0.411. The zero-order chi connectivity index (χ0) is 13.0. The molecule has 0 radical (unpaired) electrons. The molecule has 1 heterocycles. The van der Waals surface area contributed by atoms with E-state index in [1.54, 1.807) is 0 Å². The van der Waals surface area contributed by atoms with Gasteiger partial charge >= 0.3 is 6.01 Å². The molecule has 96 valence electrons. The average Bonchev–Trinajstić information content (AvgIpc) is 2.87. The average molecular weight is 245 g/mol. The van der Waals surface area contributed by atoms with Gasteiger partial charge in [0.05, 0.1) is 6.61 Å². The third-order valence-corrected chi connectivity index (χ3v) is 2.95. The first-order valence-corrected chi connectivity index (χ1v) is 6.45. The van der Waals surface area contributed by atoms with E-state index in [1.165, 1.54) is 11.1 Å². The number of hydrogen-bond acceptors (Lipinski definition) is 3. The SMILES string of the molecule is CCOc1n[nH]c(-c2ccc(CC)cc2CC)n1. The van der Waals surface area contributed by atoms with Crippen LogP contribution in [-0.2, 0) is 12.8 Å². The minimum atomic E-state index is 0.411. The molecule has 0 atom stereocenters. The van der Waals surface area contributed by atoms with Gasteiger partial charge in [-0.15, -0.1) is 5.10 Å². The zero-order valence-corrected chi connectivity index (χ0v) is 11.2. The normalized spacial score (nSPS) is 10.6. The number of nitrogens with zero attached hydrogens (tertiary/aromatic N) is 2. The molecule has 0 amide bonds. The summed E-state index contributed by atoms with van der Waals surface area (Å²) in [5, 5.41) is 6.97. The second-order valence-electron chi connectivity index (χ2n) is 4.10. The molecule has 2 rings (SSSR count). The van der Waals surface area contributed by atoms with Gasteiger partial charge in [0.2, 0.25) is 0 Å². The molecule has 0 aliphatic rings. The summed E-state index contributed by atoms with van der Waals surface area (Å²) < 4.78 is 5.27. The van der Waals surface area contributed by atoms with Gasteiger partial charge in [-0.3, -0.25) is 5.10 Å². The van der Waals surface area contributed by atoms with Gasteiger partial charge in [-0.2, -0.15) is 4.98 Å². The van der Waals surface area contributed by atoms with Crippen molar-refractivity contribution in [2.45, 2.75) is 33.6 Å². The van der Waals surface area contributed by atoms with Crippen LogP contribution in [0.4, 0.5) is 0 Å². The highest BCUT2D eigenvalue weighted by molar-refractivity contribution is 5.61. The molecule has 0 saturated heterocycles. The molecule has 0 unspecified atom stereocenters. The van der Waals surface area contributed by atoms with Gasteiger partial charge in [-0.05, 0) is 30.9 Å². The highest BCUT2D eigenvalue weighted by atomic mass is 16.5. The van der Waals surface area contributed by atoms with Crippen molar-refractivity contribution in [3.8, 4) is 17.4 Å². The number of hydrogen-bond donors (Lipinski definition) is 1. The summed E-state index contributed by atoms with van der Waals surface area (Å²) in [6.45, 7) is 6.81. The maximum absolute atomic E-state index is 5.27. The van der Waals surface area contributed by atoms with Gasteiger partial charge < -0.3 is 4.74 Å². The first-order chi connectivity index (χ1) is 8.78. The summed E-state index contributed by atoms with van der Waals surface area (Å²) in [5.74, 6) is 0.776. The van der Waals surface area contributed by atoms with E-state index < -0.39 is 0 Å². The van der Waals surface area contributed by atoms with Gasteiger partial charge in [-0.1, -0.05) is 32.0 Å². The Bertz CT molecular complexity index is 520. The van der Waals surface area contributed by atoms with Gasteiger partial charge in [0.15, 0.2) is 5.82 Å². The maximum Gasteiger partial charge on any atom is 0.335 e. The number of aromatic amines is 1. The van der Waals surface area contributed by atoms with Crippen molar-refractivity contribution < 1.29 is 4.74 Å². The van der Waals surface area contributed by atoms with Crippen molar-refractivity contribution in [3.05, 3.63) is 29.3 Å². The molecule has 0 bridgehead atoms. The lowest BCUT2D eigenvalue weighted by molar-refractivity contribution is 0.314. The Kier molecular flexibility index (Phi) is 3.97. The molecule has 1 aromatic carbocycles. The second kappa shape index (κ2) is 5.67. The van der Waals surface area contributed by atoms with Crippen molar-refractivity contribution >= 4 is 0 Å². The maximum atomic E-state index is 5.27. The molecule has 1 N–H and O–H groups in total. The molecule has 4 nitrogen and oxygen atoms in total. The van der Waals surface area contributed by atoms with Crippen LogP contribution < -0.4 is 4.74 Å². The van der Waals surface area contributed by atoms with Crippen molar-refractivity contribution in [2.24, 2.45) is 0 Å². The van der Waals surface area contributed by atoms with Crippen LogP contribution in [0.3, 0.4) is 0 Å². The predicted molar refractivity (Wildman–Crippen MR) is 71.7 cm³/mol. The molecule has 18 heavy (non-hydrogen) atoms. The summed E-state index contributed by atoms with van der Waals surface area (Å²) in [5.41, 5.74) is 3.74. The van der Waals surface area contributed by atoms with Gasteiger partial charge in [-0.25, -0.2) is 0 Å². The van der Waals surface area contributed by atoms with E-state index in [4.69, 9.17) is 4.74 Å².